The molecule has 1 aliphatic heterocycles. The van der Waals surface area contributed by atoms with E-state index in [2.05, 4.69) is 26.0 Å². The van der Waals surface area contributed by atoms with Gasteiger partial charge in [-0.3, -0.25) is 14.3 Å². The maximum absolute atomic E-state index is 13.1. The highest BCUT2D eigenvalue weighted by molar-refractivity contribution is 9.10. The van der Waals surface area contributed by atoms with Gasteiger partial charge < -0.3 is 10.2 Å². The first-order valence-electron chi connectivity index (χ1n) is 11.8. The third-order valence-corrected chi connectivity index (χ3v) is 8.55. The van der Waals surface area contributed by atoms with E-state index in [0.29, 0.717) is 36.1 Å². The van der Waals surface area contributed by atoms with Gasteiger partial charge in [0.25, 0.3) is 15.9 Å². The van der Waals surface area contributed by atoms with Gasteiger partial charge in [0, 0.05) is 23.6 Å². The smallest absolute Gasteiger partial charge is 0.261 e. The van der Waals surface area contributed by atoms with E-state index in [0.717, 1.165) is 17.5 Å². The maximum Gasteiger partial charge on any atom is 0.261 e. The number of aryl methyl sites for hydroxylation is 1. The highest BCUT2D eigenvalue weighted by Gasteiger charge is 2.26. The van der Waals surface area contributed by atoms with Crippen LogP contribution in [0.4, 0.5) is 5.69 Å². The Labute approximate surface area is 230 Å². The number of rotatable bonds is 7. The molecule has 194 valence electrons. The molecule has 1 saturated heterocycles. The van der Waals surface area contributed by atoms with Crippen LogP contribution in [0.2, 0.25) is 5.02 Å². The number of carbonyl (C=O) groups is 2. The molecule has 0 bridgehead atoms. The highest BCUT2D eigenvalue weighted by Crippen LogP contribution is 2.28. The van der Waals surface area contributed by atoms with Crippen molar-refractivity contribution in [1.29, 1.82) is 0 Å². The quantitative estimate of drug-likeness (QED) is 0.389. The van der Waals surface area contributed by atoms with Gasteiger partial charge in [0.1, 0.15) is 0 Å². The van der Waals surface area contributed by atoms with E-state index in [1.54, 1.807) is 17.0 Å². The Morgan fingerprint density at radius 3 is 2.59 bits per heavy atom. The van der Waals surface area contributed by atoms with Crippen LogP contribution >= 0.6 is 27.5 Å². The molecule has 7 nitrogen and oxygen atoms in total. The highest BCUT2D eigenvalue weighted by atomic mass is 79.9. The maximum atomic E-state index is 13.1. The number of hydrogen-bond acceptors (Lipinski definition) is 4. The summed E-state index contributed by atoms with van der Waals surface area (Å²) in [7, 11) is -3.98. The lowest BCUT2D eigenvalue weighted by atomic mass is 10.0. The predicted molar refractivity (Wildman–Crippen MR) is 148 cm³/mol. The van der Waals surface area contributed by atoms with Crippen molar-refractivity contribution in [3.8, 4) is 0 Å². The standard InChI is InChI=1S/C27H27BrClN3O4S/c1-18-9-11-23(28)25(14-18)31-37(35,36)21-10-12-24(29)22(16-21)27(34)30-20-8-5-13-32(17-20)26(33)15-19-6-3-2-4-7-19/h2-4,6-7,9-12,14,16,20,31H,5,8,13,15,17H2,1H3,(H,30,34). The molecule has 37 heavy (non-hydrogen) atoms. The molecule has 1 fully saturated rings. The second kappa shape index (κ2) is 11.7. The molecule has 3 aromatic rings. The molecule has 0 radical (unpaired) electrons. The topological polar surface area (TPSA) is 95.6 Å². The van der Waals surface area contributed by atoms with Gasteiger partial charge in [-0.05, 0) is 77.2 Å². The van der Waals surface area contributed by atoms with Crippen molar-refractivity contribution in [3.63, 3.8) is 0 Å². The van der Waals surface area contributed by atoms with Gasteiger partial charge in [0.05, 0.1) is 27.6 Å². The number of benzene rings is 3. The van der Waals surface area contributed by atoms with E-state index in [-0.39, 0.29) is 27.4 Å². The number of nitrogens with zero attached hydrogens (tertiary/aromatic N) is 1. The number of piperidine rings is 1. The Hall–Kier alpha value is -2.88. The number of amides is 2. The van der Waals surface area contributed by atoms with Crippen molar-refractivity contribution in [1.82, 2.24) is 10.2 Å². The summed E-state index contributed by atoms with van der Waals surface area (Å²) in [6.45, 7) is 2.87. The minimum atomic E-state index is -3.98. The van der Waals surface area contributed by atoms with Crippen molar-refractivity contribution in [2.75, 3.05) is 17.8 Å². The van der Waals surface area contributed by atoms with Gasteiger partial charge in [-0.1, -0.05) is 48.0 Å². The normalized spacial score (nSPS) is 15.8. The molecule has 1 aliphatic rings. The van der Waals surface area contributed by atoms with Crippen LogP contribution in [0.25, 0.3) is 0 Å². The van der Waals surface area contributed by atoms with Gasteiger partial charge in [-0.2, -0.15) is 0 Å². The summed E-state index contributed by atoms with van der Waals surface area (Å²) in [5.41, 5.74) is 2.28. The van der Waals surface area contributed by atoms with E-state index < -0.39 is 15.9 Å². The molecular weight excluding hydrogens is 578 g/mol. The number of carbonyl (C=O) groups excluding carboxylic acids is 2. The number of likely N-dealkylation sites (tertiary alicyclic amines) is 1. The van der Waals surface area contributed by atoms with Crippen LogP contribution in [0.5, 0.6) is 0 Å². The van der Waals surface area contributed by atoms with Gasteiger partial charge in [0.15, 0.2) is 0 Å². The number of anilines is 1. The first-order chi connectivity index (χ1) is 17.6. The number of nitrogens with one attached hydrogen (secondary N) is 2. The molecule has 4 rings (SSSR count). The Kier molecular flexibility index (Phi) is 8.56. The fourth-order valence-corrected chi connectivity index (χ4v) is 6.01. The zero-order valence-corrected chi connectivity index (χ0v) is 23.4. The molecule has 0 aliphatic carbocycles. The van der Waals surface area contributed by atoms with Crippen LogP contribution in [0.1, 0.15) is 34.3 Å². The Balaban J connectivity index is 1.45. The summed E-state index contributed by atoms with van der Waals surface area (Å²) in [5.74, 6) is -0.481. The molecule has 3 aromatic carbocycles. The fourth-order valence-electron chi connectivity index (χ4n) is 4.23. The molecule has 0 saturated carbocycles. The second-order valence-electron chi connectivity index (χ2n) is 9.05. The lowest BCUT2D eigenvalue weighted by molar-refractivity contribution is -0.131. The Morgan fingerprint density at radius 1 is 1.08 bits per heavy atom. The van der Waals surface area contributed by atoms with Crippen LogP contribution in [0.15, 0.2) is 76.1 Å². The summed E-state index contributed by atoms with van der Waals surface area (Å²) in [6.07, 6.45) is 1.76. The number of halogens is 2. The molecule has 10 heteroatoms. The fraction of sp³-hybridized carbons (Fsp3) is 0.259. The first kappa shape index (κ1) is 27.2. The van der Waals surface area contributed by atoms with E-state index in [4.69, 9.17) is 11.6 Å². The summed E-state index contributed by atoms with van der Waals surface area (Å²) in [4.78, 5) is 27.6. The summed E-state index contributed by atoms with van der Waals surface area (Å²) < 4.78 is 29.3. The summed E-state index contributed by atoms with van der Waals surface area (Å²) in [6, 6.07) is 18.6. The van der Waals surface area contributed by atoms with E-state index in [9.17, 15) is 18.0 Å². The first-order valence-corrected chi connectivity index (χ1v) is 14.5. The van der Waals surface area contributed by atoms with Crippen LogP contribution in [0, 0.1) is 6.92 Å². The van der Waals surface area contributed by atoms with Gasteiger partial charge >= 0.3 is 0 Å². The minimum Gasteiger partial charge on any atom is -0.347 e. The zero-order chi connectivity index (χ0) is 26.6. The third-order valence-electron chi connectivity index (χ3n) is 6.17. The largest absolute Gasteiger partial charge is 0.347 e. The molecule has 2 amide bonds. The average molecular weight is 605 g/mol. The Bertz CT molecular complexity index is 1420. The van der Waals surface area contributed by atoms with Crippen LogP contribution in [-0.4, -0.2) is 44.3 Å². The Morgan fingerprint density at radius 2 is 1.84 bits per heavy atom. The molecule has 1 atom stereocenters. The number of hydrogen-bond donors (Lipinski definition) is 2. The van der Waals surface area contributed by atoms with Crippen LogP contribution in [-0.2, 0) is 21.2 Å². The molecule has 1 unspecified atom stereocenters. The summed E-state index contributed by atoms with van der Waals surface area (Å²) in [5, 5.41) is 3.07. The van der Waals surface area contributed by atoms with Crippen molar-refractivity contribution in [3.05, 3.63) is 92.9 Å². The van der Waals surface area contributed by atoms with Crippen molar-refractivity contribution in [2.24, 2.45) is 0 Å². The molecule has 0 spiro atoms. The van der Waals surface area contributed by atoms with Crippen molar-refractivity contribution in [2.45, 2.75) is 37.1 Å². The predicted octanol–water partition coefficient (Wildman–Crippen LogP) is 5.18. The minimum absolute atomic E-state index is 0.00431. The molecular formula is C27H27BrClN3O4S. The SMILES string of the molecule is Cc1ccc(Br)c(NS(=O)(=O)c2ccc(Cl)c(C(=O)NC3CCCN(C(=O)Cc4ccccc4)C3)c2)c1. The average Bonchev–Trinajstić information content (AvgIpc) is 2.87. The lowest BCUT2D eigenvalue weighted by Gasteiger charge is -2.33. The van der Waals surface area contributed by atoms with Crippen LogP contribution < -0.4 is 10.0 Å². The molecule has 0 aromatic heterocycles. The van der Waals surface area contributed by atoms with Gasteiger partial charge in [0.2, 0.25) is 5.91 Å². The van der Waals surface area contributed by atoms with Crippen molar-refractivity contribution >= 4 is 55.1 Å². The van der Waals surface area contributed by atoms with E-state index >= 15 is 0 Å². The monoisotopic (exact) mass is 603 g/mol. The van der Waals surface area contributed by atoms with E-state index in [1.807, 2.05) is 43.3 Å². The summed E-state index contributed by atoms with van der Waals surface area (Å²) >= 11 is 9.64. The second-order valence-corrected chi connectivity index (χ2v) is 12.0. The molecule has 2 N–H and O–H groups in total. The van der Waals surface area contributed by atoms with Crippen LogP contribution in [0.3, 0.4) is 0 Å². The molecule has 1 heterocycles. The van der Waals surface area contributed by atoms with Gasteiger partial charge in [-0.15, -0.1) is 0 Å². The number of sulfonamides is 1. The van der Waals surface area contributed by atoms with Gasteiger partial charge in [-0.25, -0.2) is 8.42 Å². The van der Waals surface area contributed by atoms with Crippen molar-refractivity contribution < 1.29 is 18.0 Å². The zero-order valence-electron chi connectivity index (χ0n) is 20.2. The lowest BCUT2D eigenvalue weighted by Crippen LogP contribution is -2.50. The van der Waals surface area contributed by atoms with E-state index in [1.165, 1.54) is 18.2 Å². The third kappa shape index (κ3) is 6.91.